The van der Waals surface area contributed by atoms with Crippen molar-refractivity contribution < 1.29 is 14.6 Å². The molecular formula is C20H26O3SeSi. The van der Waals surface area contributed by atoms with Gasteiger partial charge in [0.25, 0.3) is 0 Å². The van der Waals surface area contributed by atoms with Crippen LogP contribution in [0.3, 0.4) is 0 Å². The third kappa shape index (κ3) is 6.35. The van der Waals surface area contributed by atoms with Crippen LogP contribution in [0, 0.1) is 6.92 Å². The molecule has 0 aliphatic heterocycles. The quantitative estimate of drug-likeness (QED) is 0.657. The van der Waals surface area contributed by atoms with Gasteiger partial charge in [-0.1, -0.05) is 0 Å². The summed E-state index contributed by atoms with van der Waals surface area (Å²) in [7, 11) is -1.14. The number of carbonyl (C=O) groups is 1. The summed E-state index contributed by atoms with van der Waals surface area (Å²) < 4.78 is 7.21. The van der Waals surface area contributed by atoms with E-state index in [4.69, 9.17) is 4.74 Å². The molecule has 3 nitrogen and oxygen atoms in total. The van der Waals surface area contributed by atoms with Crippen molar-refractivity contribution in [1.82, 2.24) is 0 Å². The number of benzene rings is 2. The molecule has 0 radical (unpaired) electrons. The van der Waals surface area contributed by atoms with Gasteiger partial charge in [-0.2, -0.15) is 0 Å². The SMILES string of the molecule is Cc1cc(OCC[Si](C)(C)C)cc(C[Se]c2ccccc2)c1C(=O)O. The van der Waals surface area contributed by atoms with E-state index in [2.05, 4.69) is 31.8 Å². The van der Waals surface area contributed by atoms with Gasteiger partial charge in [-0.15, -0.1) is 0 Å². The van der Waals surface area contributed by atoms with Crippen LogP contribution in [-0.4, -0.2) is 40.7 Å². The fourth-order valence-corrected chi connectivity index (χ4v) is 5.08. The fraction of sp³-hybridized carbons (Fsp3) is 0.350. The van der Waals surface area contributed by atoms with E-state index in [-0.39, 0.29) is 15.0 Å². The van der Waals surface area contributed by atoms with Gasteiger partial charge >= 0.3 is 158 Å². The number of aromatic carboxylic acids is 1. The Morgan fingerprint density at radius 3 is 2.44 bits per heavy atom. The summed E-state index contributed by atoms with van der Waals surface area (Å²) >= 11 is 0.203. The third-order valence-corrected chi connectivity index (χ3v) is 7.79. The number of ether oxygens (including phenoxy) is 1. The fourth-order valence-electron chi connectivity index (χ4n) is 2.48. The second kappa shape index (κ2) is 8.70. The van der Waals surface area contributed by atoms with E-state index in [1.807, 2.05) is 37.3 Å². The molecule has 0 aliphatic carbocycles. The Morgan fingerprint density at radius 1 is 1.16 bits per heavy atom. The third-order valence-electron chi connectivity index (χ3n) is 3.86. The Bertz CT molecular complexity index is 724. The van der Waals surface area contributed by atoms with Crippen molar-refractivity contribution in [2.24, 2.45) is 0 Å². The zero-order valence-electron chi connectivity index (χ0n) is 15.3. The van der Waals surface area contributed by atoms with Crippen molar-refractivity contribution in [1.29, 1.82) is 0 Å². The average Bonchev–Trinajstić information content (AvgIpc) is 2.52. The van der Waals surface area contributed by atoms with E-state index < -0.39 is 14.0 Å². The molecule has 134 valence electrons. The summed E-state index contributed by atoms with van der Waals surface area (Å²) in [6.07, 6.45) is 0. The Hall–Kier alpha value is -1.55. The predicted octanol–water partition coefficient (Wildman–Crippen LogP) is 3.94. The Morgan fingerprint density at radius 2 is 1.84 bits per heavy atom. The van der Waals surface area contributed by atoms with Crippen LogP contribution in [0.1, 0.15) is 21.5 Å². The van der Waals surface area contributed by atoms with Gasteiger partial charge < -0.3 is 0 Å². The van der Waals surface area contributed by atoms with Crippen molar-refractivity contribution in [2.45, 2.75) is 37.9 Å². The van der Waals surface area contributed by atoms with E-state index in [0.717, 1.165) is 28.2 Å². The summed E-state index contributed by atoms with van der Waals surface area (Å²) in [5, 5.41) is 10.3. The first-order valence-electron chi connectivity index (χ1n) is 8.44. The van der Waals surface area contributed by atoms with Gasteiger partial charge in [0.05, 0.1) is 0 Å². The van der Waals surface area contributed by atoms with Crippen molar-refractivity contribution in [3.63, 3.8) is 0 Å². The Labute approximate surface area is 157 Å². The van der Waals surface area contributed by atoms with Crippen LogP contribution >= 0.6 is 0 Å². The van der Waals surface area contributed by atoms with Gasteiger partial charge in [0, 0.05) is 0 Å². The summed E-state index contributed by atoms with van der Waals surface area (Å²) in [6, 6.07) is 15.1. The number of carboxylic acids is 1. The molecule has 0 saturated heterocycles. The zero-order valence-corrected chi connectivity index (χ0v) is 18.0. The van der Waals surface area contributed by atoms with Crippen LogP contribution in [0.5, 0.6) is 5.75 Å². The normalized spacial score (nSPS) is 11.4. The second-order valence-corrected chi connectivity index (χ2v) is 15.2. The molecule has 0 fully saturated rings. The number of hydrogen-bond acceptors (Lipinski definition) is 2. The van der Waals surface area contributed by atoms with Crippen LogP contribution in [0.15, 0.2) is 42.5 Å². The van der Waals surface area contributed by atoms with Crippen molar-refractivity contribution in [3.05, 3.63) is 59.2 Å². The first-order valence-corrected chi connectivity index (χ1v) is 14.2. The summed E-state index contributed by atoms with van der Waals surface area (Å²) in [5.41, 5.74) is 2.08. The van der Waals surface area contributed by atoms with Gasteiger partial charge in [-0.3, -0.25) is 0 Å². The molecule has 0 spiro atoms. The van der Waals surface area contributed by atoms with Crippen LogP contribution in [0.2, 0.25) is 25.7 Å². The van der Waals surface area contributed by atoms with Crippen LogP contribution in [0.4, 0.5) is 0 Å². The molecule has 0 amide bonds. The van der Waals surface area contributed by atoms with Crippen molar-refractivity contribution >= 4 is 33.5 Å². The molecule has 25 heavy (non-hydrogen) atoms. The van der Waals surface area contributed by atoms with Crippen LogP contribution in [0.25, 0.3) is 0 Å². The maximum absolute atomic E-state index is 11.7. The predicted molar refractivity (Wildman–Crippen MR) is 107 cm³/mol. The van der Waals surface area contributed by atoms with Crippen molar-refractivity contribution in [3.8, 4) is 5.75 Å². The molecule has 0 unspecified atom stereocenters. The monoisotopic (exact) mass is 422 g/mol. The van der Waals surface area contributed by atoms with Crippen LogP contribution < -0.4 is 9.20 Å². The molecule has 1 N–H and O–H groups in total. The number of hydrogen-bond donors (Lipinski definition) is 1. The van der Waals surface area contributed by atoms with Gasteiger partial charge in [0.1, 0.15) is 0 Å². The minimum atomic E-state index is -1.14. The van der Waals surface area contributed by atoms with E-state index in [0.29, 0.717) is 12.2 Å². The summed E-state index contributed by atoms with van der Waals surface area (Å²) in [6.45, 7) is 9.52. The number of rotatable bonds is 8. The molecule has 0 aromatic heterocycles. The van der Waals surface area contributed by atoms with Crippen molar-refractivity contribution in [2.75, 3.05) is 6.61 Å². The minimum absolute atomic E-state index is 0.203. The molecule has 2 aromatic carbocycles. The molecule has 2 rings (SSSR count). The summed E-state index contributed by atoms with van der Waals surface area (Å²) in [4.78, 5) is 11.7. The standard InChI is InChI=1S/C20H26O3SeSi/c1-15-12-17(23-10-11-25(2,3)4)13-16(19(15)20(21)22)14-24-18-8-6-5-7-9-18/h5-9,12-13H,10-11,14H2,1-4H3,(H,21,22). The molecule has 0 atom stereocenters. The van der Waals surface area contributed by atoms with Gasteiger partial charge in [-0.25, -0.2) is 0 Å². The molecular weight excluding hydrogens is 395 g/mol. The average molecular weight is 421 g/mol. The molecule has 5 heteroatoms. The molecule has 2 aromatic rings. The van der Waals surface area contributed by atoms with E-state index in [1.54, 1.807) is 0 Å². The Kier molecular flexibility index (Phi) is 6.88. The Balaban J connectivity index is 2.18. The summed E-state index contributed by atoms with van der Waals surface area (Å²) in [5.74, 6) is -0.0652. The first kappa shape index (κ1) is 19.8. The molecule has 0 aliphatic rings. The molecule has 0 heterocycles. The zero-order chi connectivity index (χ0) is 18.4. The maximum atomic E-state index is 11.7. The van der Waals surface area contributed by atoms with E-state index in [9.17, 15) is 9.90 Å². The van der Waals surface area contributed by atoms with E-state index in [1.165, 1.54) is 4.46 Å². The van der Waals surface area contributed by atoms with Gasteiger partial charge in [0.15, 0.2) is 0 Å². The van der Waals surface area contributed by atoms with Gasteiger partial charge in [-0.05, 0) is 0 Å². The van der Waals surface area contributed by atoms with Gasteiger partial charge in [0.2, 0.25) is 0 Å². The molecule has 0 bridgehead atoms. The molecule has 0 saturated carbocycles. The van der Waals surface area contributed by atoms with Crippen LogP contribution in [-0.2, 0) is 5.32 Å². The van der Waals surface area contributed by atoms with E-state index >= 15 is 0 Å². The first-order chi connectivity index (χ1) is 11.8. The topological polar surface area (TPSA) is 46.5 Å². The number of aryl methyl sites for hydroxylation is 1. The number of carboxylic acid groups (broad SMARTS) is 1. The second-order valence-electron chi connectivity index (χ2n) is 7.34.